The summed E-state index contributed by atoms with van der Waals surface area (Å²) in [4.78, 5) is 14.3. The molecule has 0 fully saturated rings. The minimum Gasteiger partial charge on any atom is -0.208 e. The zero-order chi connectivity index (χ0) is 35.9. The first-order chi connectivity index (χ1) is 24.5. The van der Waals surface area contributed by atoms with Crippen LogP contribution in [0.5, 0.6) is 0 Å². The molecule has 3 nitrogen and oxygen atoms in total. The van der Waals surface area contributed by atoms with Crippen LogP contribution < -0.4 is 5.19 Å². The highest BCUT2D eigenvalue weighted by Gasteiger charge is 2.16. The maximum absolute atomic E-state index is 8.65. The van der Waals surface area contributed by atoms with E-state index in [2.05, 4.69) is 68.2 Å². The summed E-state index contributed by atoms with van der Waals surface area (Å²) in [7, 11) is -1.41. The van der Waals surface area contributed by atoms with Gasteiger partial charge in [-0.2, -0.15) is 0 Å². The molecule has 0 aliphatic rings. The van der Waals surface area contributed by atoms with Crippen LogP contribution in [0.4, 0.5) is 0 Å². The lowest BCUT2D eigenvalue weighted by molar-refractivity contribution is 1.07. The summed E-state index contributed by atoms with van der Waals surface area (Å²) < 4.78 is 42.0. The van der Waals surface area contributed by atoms with Crippen molar-refractivity contribution in [3.63, 3.8) is 0 Å². The lowest BCUT2D eigenvalue weighted by Gasteiger charge is -2.17. The Morgan fingerprint density at radius 2 is 0.804 bits per heavy atom. The fourth-order valence-electron chi connectivity index (χ4n) is 5.43. The molecule has 46 heavy (non-hydrogen) atoms. The summed E-state index contributed by atoms with van der Waals surface area (Å²) in [6.07, 6.45) is 0. The van der Waals surface area contributed by atoms with Gasteiger partial charge >= 0.3 is 0 Å². The minimum absolute atomic E-state index is 0.00769. The molecule has 0 aliphatic heterocycles. The largest absolute Gasteiger partial charge is 0.208 e. The van der Waals surface area contributed by atoms with Gasteiger partial charge < -0.3 is 0 Å². The average Bonchev–Trinajstić information content (AvgIpc) is 3.16. The van der Waals surface area contributed by atoms with E-state index in [0.29, 0.717) is 22.8 Å². The molecule has 0 radical (unpaired) electrons. The SMILES string of the molecule is [2H]c1c([2H])c([2H])c(-c2nc(-c3ccc(-c4ccccc4)cc3)nc(-c3cccc(-c4cccc(-c5ccc([Si](C)(C)C)cc5)c4)c3)n2)c([2H])c1[2H]. The predicted octanol–water partition coefficient (Wildman–Crippen LogP) is 10.4. The Balaban J connectivity index is 1.33. The maximum Gasteiger partial charge on any atom is 0.164 e. The Hall–Kier alpha value is -5.45. The summed E-state index contributed by atoms with van der Waals surface area (Å²) in [6.45, 7) is 7.04. The van der Waals surface area contributed by atoms with Crippen LogP contribution in [-0.2, 0) is 0 Å². The normalized spacial score (nSPS) is 12.9. The molecule has 0 amide bonds. The Kier molecular flexibility index (Phi) is 6.49. The number of benzene rings is 6. The minimum atomic E-state index is -1.41. The highest BCUT2D eigenvalue weighted by atomic mass is 28.3. The van der Waals surface area contributed by atoms with Crippen LogP contribution in [0.1, 0.15) is 6.85 Å². The number of hydrogen-bond acceptors (Lipinski definition) is 3. The molecule has 0 bridgehead atoms. The third kappa shape index (κ3) is 6.34. The van der Waals surface area contributed by atoms with Crippen LogP contribution in [0.15, 0.2) is 158 Å². The zero-order valence-electron chi connectivity index (χ0n) is 31.0. The van der Waals surface area contributed by atoms with Gasteiger partial charge in [0.15, 0.2) is 17.5 Å². The first kappa shape index (κ1) is 23.9. The molecule has 0 atom stereocenters. The summed E-state index contributed by atoms with van der Waals surface area (Å²) in [6, 6.07) is 41.0. The summed E-state index contributed by atoms with van der Waals surface area (Å²) in [5.74, 6) is 0.665. The van der Waals surface area contributed by atoms with Gasteiger partial charge in [0.2, 0.25) is 0 Å². The molecule has 222 valence electrons. The molecule has 4 heteroatoms. The fourth-order valence-corrected chi connectivity index (χ4v) is 6.60. The van der Waals surface area contributed by atoms with Gasteiger partial charge in [0.25, 0.3) is 0 Å². The predicted molar refractivity (Wildman–Crippen MR) is 195 cm³/mol. The highest BCUT2D eigenvalue weighted by Crippen LogP contribution is 2.31. The van der Waals surface area contributed by atoms with Gasteiger partial charge in [0.1, 0.15) is 0 Å². The van der Waals surface area contributed by atoms with E-state index in [-0.39, 0.29) is 23.5 Å². The van der Waals surface area contributed by atoms with E-state index in [9.17, 15) is 0 Å². The van der Waals surface area contributed by atoms with Crippen molar-refractivity contribution in [3.8, 4) is 67.5 Å². The fraction of sp³-hybridized carbons (Fsp3) is 0.0714. The van der Waals surface area contributed by atoms with Crippen LogP contribution in [0, 0.1) is 0 Å². The Morgan fingerprint density at radius 3 is 1.41 bits per heavy atom. The van der Waals surface area contributed by atoms with E-state index >= 15 is 0 Å². The smallest absolute Gasteiger partial charge is 0.164 e. The molecule has 7 aromatic rings. The maximum atomic E-state index is 8.65. The van der Waals surface area contributed by atoms with Gasteiger partial charge in [-0.1, -0.05) is 170 Å². The zero-order valence-corrected chi connectivity index (χ0v) is 27.0. The van der Waals surface area contributed by atoms with Crippen molar-refractivity contribution in [1.82, 2.24) is 15.0 Å². The van der Waals surface area contributed by atoms with Crippen molar-refractivity contribution >= 4 is 13.3 Å². The second-order valence-electron chi connectivity index (χ2n) is 12.2. The van der Waals surface area contributed by atoms with Crippen molar-refractivity contribution in [3.05, 3.63) is 158 Å². The van der Waals surface area contributed by atoms with E-state index in [1.54, 1.807) is 0 Å². The summed E-state index contributed by atoms with van der Waals surface area (Å²) in [5, 5.41) is 1.42. The molecule has 1 aromatic heterocycles. The topological polar surface area (TPSA) is 38.7 Å². The van der Waals surface area contributed by atoms with Gasteiger partial charge in [-0.25, -0.2) is 15.0 Å². The van der Waals surface area contributed by atoms with Crippen molar-refractivity contribution in [2.45, 2.75) is 19.6 Å². The summed E-state index contributed by atoms with van der Waals surface area (Å²) >= 11 is 0. The van der Waals surface area contributed by atoms with Crippen LogP contribution in [0.2, 0.25) is 19.6 Å². The number of hydrogen-bond donors (Lipinski definition) is 0. The molecule has 1 heterocycles. The highest BCUT2D eigenvalue weighted by molar-refractivity contribution is 6.88. The third-order valence-corrected chi connectivity index (χ3v) is 10.1. The molecule has 0 saturated heterocycles. The number of nitrogens with zero attached hydrogens (tertiary/aromatic N) is 3. The van der Waals surface area contributed by atoms with E-state index in [1.807, 2.05) is 78.9 Å². The molecule has 0 aliphatic carbocycles. The standard InChI is InChI=1S/C42H35N3Si/c1-46(2,3)39-26-24-32(25-27-39)35-16-10-17-36(28-35)37-18-11-19-38(29-37)42-44-40(33-14-8-5-9-15-33)43-41(45-42)34-22-20-31(21-23-34)30-12-6-4-7-13-30/h4-29H,1-3H3/i5D,8D,9D,14D,15D. The van der Waals surface area contributed by atoms with Crippen molar-refractivity contribution in [2.75, 3.05) is 0 Å². The van der Waals surface area contributed by atoms with Crippen LogP contribution in [-0.4, -0.2) is 23.0 Å². The van der Waals surface area contributed by atoms with Crippen LogP contribution >= 0.6 is 0 Å². The Morgan fingerprint density at radius 1 is 0.391 bits per heavy atom. The molecule has 0 saturated carbocycles. The lowest BCUT2D eigenvalue weighted by atomic mass is 9.98. The van der Waals surface area contributed by atoms with Gasteiger partial charge in [0.05, 0.1) is 14.9 Å². The summed E-state index contributed by atoms with van der Waals surface area (Å²) in [5.41, 5.74) is 7.70. The number of rotatable bonds is 7. The third-order valence-electron chi connectivity index (χ3n) is 8.01. The van der Waals surface area contributed by atoms with E-state index in [4.69, 9.17) is 21.8 Å². The lowest BCUT2D eigenvalue weighted by Crippen LogP contribution is -2.37. The van der Waals surface area contributed by atoms with Crippen LogP contribution in [0.25, 0.3) is 67.5 Å². The first-order valence-electron chi connectivity index (χ1n) is 17.8. The monoisotopic (exact) mass is 614 g/mol. The van der Waals surface area contributed by atoms with Gasteiger partial charge in [-0.05, 0) is 45.5 Å². The van der Waals surface area contributed by atoms with Gasteiger partial charge in [-0.3, -0.25) is 0 Å². The Labute approximate surface area is 279 Å². The van der Waals surface area contributed by atoms with Crippen LogP contribution in [0.3, 0.4) is 0 Å². The molecule has 0 unspecified atom stereocenters. The second-order valence-corrected chi connectivity index (χ2v) is 17.3. The quantitative estimate of drug-likeness (QED) is 0.168. The van der Waals surface area contributed by atoms with Gasteiger partial charge in [0, 0.05) is 16.7 Å². The molecular formula is C42H35N3Si. The molecule has 6 aromatic carbocycles. The van der Waals surface area contributed by atoms with Gasteiger partial charge in [-0.15, -0.1) is 0 Å². The Bertz CT molecular complexity index is 2360. The number of aromatic nitrogens is 3. The average molecular weight is 615 g/mol. The molecular weight excluding hydrogens is 575 g/mol. The van der Waals surface area contributed by atoms with E-state index in [0.717, 1.165) is 33.4 Å². The van der Waals surface area contributed by atoms with E-state index in [1.165, 1.54) is 5.19 Å². The van der Waals surface area contributed by atoms with Crippen molar-refractivity contribution in [2.24, 2.45) is 0 Å². The molecule has 0 N–H and O–H groups in total. The first-order valence-corrected chi connectivity index (χ1v) is 18.8. The molecule has 0 spiro atoms. The van der Waals surface area contributed by atoms with Crippen molar-refractivity contribution in [1.29, 1.82) is 0 Å². The molecule has 7 rings (SSSR count). The van der Waals surface area contributed by atoms with Crippen molar-refractivity contribution < 1.29 is 6.85 Å². The second kappa shape index (κ2) is 12.5. The van der Waals surface area contributed by atoms with E-state index < -0.39 is 26.2 Å².